The lowest BCUT2D eigenvalue weighted by Gasteiger charge is -2.17. The van der Waals surface area contributed by atoms with Crippen LogP contribution in [0.25, 0.3) is 0 Å². The van der Waals surface area contributed by atoms with Crippen LogP contribution in [0.3, 0.4) is 0 Å². The highest BCUT2D eigenvalue weighted by atomic mass is 16.4. The van der Waals surface area contributed by atoms with Crippen molar-refractivity contribution in [3.8, 4) is 0 Å². The molecule has 13 nitrogen and oxygen atoms in total. The summed E-state index contributed by atoms with van der Waals surface area (Å²) >= 11 is 0. The summed E-state index contributed by atoms with van der Waals surface area (Å²) in [5.74, 6) is -2.77. The lowest BCUT2D eigenvalue weighted by atomic mass is 10.1. The number of amides is 4. The molecule has 4 amide bonds. The third-order valence-electron chi connectivity index (χ3n) is 4.09. The van der Waals surface area contributed by atoms with Crippen molar-refractivity contribution in [1.29, 1.82) is 0 Å². The highest BCUT2D eigenvalue weighted by Gasteiger charge is 2.23. The lowest BCUT2D eigenvalue weighted by Crippen LogP contribution is -2.54. The van der Waals surface area contributed by atoms with Crippen molar-refractivity contribution < 1.29 is 24.3 Å². The minimum Gasteiger partial charge on any atom is -0.481 e. The number of hydrazine groups is 1. The quantitative estimate of drug-likeness (QED) is 0.0851. The highest BCUT2D eigenvalue weighted by Crippen LogP contribution is 2.13. The molecule has 0 aliphatic carbocycles. The number of carboxylic acids is 1. The Kier molecular flexibility index (Phi) is 11.6. The van der Waals surface area contributed by atoms with E-state index in [9.17, 15) is 19.2 Å². The topological polar surface area (TPSA) is 227 Å². The smallest absolute Gasteiger partial charge is 0.334 e. The SMILES string of the molecule is NCCCCCCNC(=O)C(CC(=O)O)NC(=O)NNC(=O)c1cccc(N=C(N)N)c1. The van der Waals surface area contributed by atoms with Gasteiger partial charge in [-0.2, -0.15) is 0 Å². The average molecular weight is 451 g/mol. The molecule has 0 bridgehead atoms. The fourth-order valence-corrected chi connectivity index (χ4v) is 2.59. The second kappa shape index (κ2) is 14.2. The van der Waals surface area contributed by atoms with E-state index in [-0.39, 0.29) is 11.5 Å². The first-order valence-corrected chi connectivity index (χ1v) is 9.99. The van der Waals surface area contributed by atoms with Gasteiger partial charge in [0.15, 0.2) is 5.96 Å². The van der Waals surface area contributed by atoms with E-state index < -0.39 is 36.3 Å². The molecule has 13 heteroatoms. The molecule has 1 unspecified atom stereocenters. The molecule has 1 aromatic rings. The van der Waals surface area contributed by atoms with Crippen LogP contribution in [0.5, 0.6) is 0 Å². The molecular formula is C19H30N8O5. The van der Waals surface area contributed by atoms with Gasteiger partial charge in [0.25, 0.3) is 5.91 Å². The molecule has 1 atom stereocenters. The normalized spacial score (nSPS) is 11.0. The van der Waals surface area contributed by atoms with Gasteiger partial charge in [0, 0.05) is 12.1 Å². The molecule has 11 N–H and O–H groups in total. The highest BCUT2D eigenvalue weighted by molar-refractivity contribution is 5.96. The Morgan fingerprint density at radius 3 is 2.41 bits per heavy atom. The van der Waals surface area contributed by atoms with E-state index in [0.29, 0.717) is 25.2 Å². The van der Waals surface area contributed by atoms with E-state index in [0.717, 1.165) is 19.3 Å². The second-order valence-electron chi connectivity index (χ2n) is 6.78. The lowest BCUT2D eigenvalue weighted by molar-refractivity contribution is -0.139. The molecule has 0 fully saturated rings. The fourth-order valence-electron chi connectivity index (χ4n) is 2.59. The third kappa shape index (κ3) is 10.8. The first kappa shape index (κ1) is 26.2. The summed E-state index contributed by atoms with van der Waals surface area (Å²) in [5.41, 5.74) is 20.7. The number of aliphatic carboxylic acids is 1. The van der Waals surface area contributed by atoms with Crippen molar-refractivity contribution in [1.82, 2.24) is 21.5 Å². The van der Waals surface area contributed by atoms with Crippen LogP contribution in [0, 0.1) is 0 Å². The van der Waals surface area contributed by atoms with Gasteiger partial charge < -0.3 is 32.9 Å². The van der Waals surface area contributed by atoms with Gasteiger partial charge in [-0.05, 0) is 37.6 Å². The summed E-state index contributed by atoms with van der Waals surface area (Å²) in [7, 11) is 0. The molecule has 0 saturated carbocycles. The molecule has 0 radical (unpaired) electrons. The fraction of sp³-hybridized carbons (Fsp3) is 0.421. The molecule has 32 heavy (non-hydrogen) atoms. The van der Waals surface area contributed by atoms with Gasteiger partial charge in [-0.1, -0.05) is 18.9 Å². The van der Waals surface area contributed by atoms with Gasteiger partial charge in [-0.3, -0.25) is 19.8 Å². The number of nitrogens with zero attached hydrogens (tertiary/aromatic N) is 1. The Balaban J connectivity index is 2.56. The van der Waals surface area contributed by atoms with E-state index in [1.54, 1.807) is 12.1 Å². The van der Waals surface area contributed by atoms with Crippen molar-refractivity contribution in [2.45, 2.75) is 38.1 Å². The molecule has 0 aromatic heterocycles. The Labute approximate surface area is 185 Å². The minimum atomic E-state index is -1.32. The molecule has 0 aliphatic heterocycles. The number of nitrogens with one attached hydrogen (secondary N) is 4. The summed E-state index contributed by atoms with van der Waals surface area (Å²) in [6.07, 6.45) is 2.76. The maximum atomic E-state index is 12.2. The zero-order chi connectivity index (χ0) is 23.9. The molecule has 1 rings (SSSR count). The van der Waals surface area contributed by atoms with Gasteiger partial charge in [-0.25, -0.2) is 15.2 Å². The number of carbonyl (C=O) groups is 4. The molecule has 0 spiro atoms. The number of carboxylic acid groups (broad SMARTS) is 1. The van der Waals surface area contributed by atoms with Crippen LogP contribution in [0.1, 0.15) is 42.5 Å². The number of nitrogens with two attached hydrogens (primary N) is 3. The van der Waals surface area contributed by atoms with Crippen molar-refractivity contribution >= 4 is 35.5 Å². The van der Waals surface area contributed by atoms with Crippen molar-refractivity contribution in [2.24, 2.45) is 22.2 Å². The Bertz CT molecular complexity index is 826. The van der Waals surface area contributed by atoms with E-state index in [1.165, 1.54) is 12.1 Å². The van der Waals surface area contributed by atoms with Crippen LogP contribution in [0.4, 0.5) is 10.5 Å². The molecule has 0 heterocycles. The number of benzene rings is 1. The average Bonchev–Trinajstić information content (AvgIpc) is 2.73. The number of aliphatic imine (C=N–C) groups is 1. The molecule has 0 aliphatic rings. The van der Waals surface area contributed by atoms with Crippen LogP contribution in [0.15, 0.2) is 29.3 Å². The zero-order valence-corrected chi connectivity index (χ0v) is 17.6. The summed E-state index contributed by atoms with van der Waals surface area (Å²) in [6, 6.07) is 3.70. The van der Waals surface area contributed by atoms with Crippen LogP contribution < -0.4 is 38.7 Å². The monoisotopic (exact) mass is 450 g/mol. The van der Waals surface area contributed by atoms with Gasteiger partial charge in [-0.15, -0.1) is 0 Å². The maximum Gasteiger partial charge on any atom is 0.334 e. The number of hydrogen-bond donors (Lipinski definition) is 8. The summed E-state index contributed by atoms with van der Waals surface area (Å²) in [6.45, 7) is 0.940. The van der Waals surface area contributed by atoms with Crippen molar-refractivity contribution in [3.63, 3.8) is 0 Å². The predicted octanol–water partition coefficient (Wildman–Crippen LogP) is -0.986. The van der Waals surface area contributed by atoms with E-state index in [4.69, 9.17) is 22.3 Å². The van der Waals surface area contributed by atoms with Crippen LogP contribution in [-0.2, 0) is 9.59 Å². The molecule has 176 valence electrons. The predicted molar refractivity (Wildman–Crippen MR) is 118 cm³/mol. The van der Waals surface area contributed by atoms with Gasteiger partial charge in [0.2, 0.25) is 5.91 Å². The number of unbranched alkanes of at least 4 members (excludes halogenated alkanes) is 3. The maximum absolute atomic E-state index is 12.2. The second-order valence-corrected chi connectivity index (χ2v) is 6.78. The summed E-state index contributed by atoms with van der Waals surface area (Å²) in [5, 5.41) is 13.8. The van der Waals surface area contributed by atoms with Crippen molar-refractivity contribution in [3.05, 3.63) is 29.8 Å². The van der Waals surface area contributed by atoms with Gasteiger partial charge >= 0.3 is 12.0 Å². The molecular weight excluding hydrogens is 420 g/mol. The van der Waals surface area contributed by atoms with Crippen LogP contribution >= 0.6 is 0 Å². The number of guanidine groups is 1. The standard InChI is InChI=1S/C19H30N8O5/c20-8-3-1-2-4-9-23-17(31)14(11-15(28)29)25-19(32)27-26-16(30)12-6-5-7-13(10-12)24-18(21)22/h5-7,10,14H,1-4,8-9,11,20H2,(H,23,31)(H,26,30)(H,28,29)(H4,21,22,24)(H2,25,27,32). The first-order valence-electron chi connectivity index (χ1n) is 9.99. The molecule has 0 saturated heterocycles. The zero-order valence-electron chi connectivity index (χ0n) is 17.6. The largest absolute Gasteiger partial charge is 0.481 e. The minimum absolute atomic E-state index is 0.155. The van der Waals surface area contributed by atoms with E-state index in [1.807, 2.05) is 0 Å². The van der Waals surface area contributed by atoms with Crippen LogP contribution in [0.2, 0.25) is 0 Å². The van der Waals surface area contributed by atoms with E-state index >= 15 is 0 Å². The molecule has 1 aromatic carbocycles. The van der Waals surface area contributed by atoms with Gasteiger partial charge in [0.05, 0.1) is 12.1 Å². The number of urea groups is 1. The summed E-state index contributed by atoms with van der Waals surface area (Å²) in [4.78, 5) is 51.3. The Hall–Kier alpha value is -3.87. The van der Waals surface area contributed by atoms with Crippen LogP contribution in [-0.4, -0.2) is 54.0 Å². The third-order valence-corrected chi connectivity index (χ3v) is 4.09. The number of rotatable bonds is 12. The number of carbonyl (C=O) groups excluding carboxylic acids is 3. The van der Waals surface area contributed by atoms with Crippen molar-refractivity contribution in [2.75, 3.05) is 13.1 Å². The Morgan fingerprint density at radius 2 is 1.75 bits per heavy atom. The van der Waals surface area contributed by atoms with Gasteiger partial charge in [0.1, 0.15) is 6.04 Å². The first-order chi connectivity index (χ1) is 15.2. The van der Waals surface area contributed by atoms with E-state index in [2.05, 4.69) is 26.5 Å². The number of hydrogen-bond acceptors (Lipinski definition) is 6. The summed E-state index contributed by atoms with van der Waals surface area (Å²) < 4.78 is 0. The Morgan fingerprint density at radius 1 is 1.03 bits per heavy atom.